The number of halogens is 1. The zero-order valence-corrected chi connectivity index (χ0v) is 18.8. The van der Waals surface area contributed by atoms with Gasteiger partial charge < -0.3 is 25.0 Å². The number of carbonyl (C=O) groups excluding carboxylic acids is 2. The molecule has 2 N–H and O–H groups in total. The summed E-state index contributed by atoms with van der Waals surface area (Å²) in [4.78, 5) is 37.6. The Bertz CT molecular complexity index is 1190. The van der Waals surface area contributed by atoms with Gasteiger partial charge in [0.2, 0.25) is 5.91 Å². The Morgan fingerprint density at radius 3 is 2.85 bits per heavy atom. The molecule has 178 valence electrons. The Labute approximate surface area is 196 Å². The third kappa shape index (κ3) is 5.23. The fourth-order valence-corrected chi connectivity index (χ4v) is 3.91. The third-order valence-electron chi connectivity index (χ3n) is 5.65. The molecule has 1 fully saturated rings. The molecule has 1 atom stereocenters. The summed E-state index contributed by atoms with van der Waals surface area (Å²) in [5, 5.41) is 0.750. The number of hydrogen-bond acceptors (Lipinski definition) is 7. The van der Waals surface area contributed by atoms with Crippen molar-refractivity contribution >= 4 is 28.5 Å². The summed E-state index contributed by atoms with van der Waals surface area (Å²) in [7, 11) is 0. The van der Waals surface area contributed by atoms with Crippen LogP contribution in [0.1, 0.15) is 12.5 Å². The van der Waals surface area contributed by atoms with Crippen LogP contribution in [0, 0.1) is 5.82 Å². The molecule has 1 aliphatic rings. The van der Waals surface area contributed by atoms with Gasteiger partial charge in [-0.3, -0.25) is 9.59 Å². The zero-order valence-electron chi connectivity index (χ0n) is 18.8. The maximum absolute atomic E-state index is 13.4. The van der Waals surface area contributed by atoms with Crippen molar-refractivity contribution in [3.63, 3.8) is 0 Å². The molecule has 0 radical (unpaired) electrons. The monoisotopic (exact) mass is 467 g/mol. The van der Waals surface area contributed by atoms with Gasteiger partial charge in [-0.15, -0.1) is 0 Å². The summed E-state index contributed by atoms with van der Waals surface area (Å²) < 4.78 is 24.3. The molecule has 1 aliphatic heterocycles. The molecule has 0 saturated carbocycles. The van der Waals surface area contributed by atoms with Gasteiger partial charge in [0.15, 0.2) is 6.61 Å². The molecule has 0 aliphatic carbocycles. The lowest BCUT2D eigenvalue weighted by molar-refractivity contribution is -0.155. The first-order valence-corrected chi connectivity index (χ1v) is 11.0. The van der Waals surface area contributed by atoms with E-state index in [1.54, 1.807) is 11.0 Å². The highest BCUT2D eigenvalue weighted by Gasteiger charge is 2.37. The van der Waals surface area contributed by atoms with Gasteiger partial charge in [0, 0.05) is 37.7 Å². The smallest absolute Gasteiger partial charge is 0.261 e. The fourth-order valence-electron chi connectivity index (χ4n) is 3.91. The van der Waals surface area contributed by atoms with E-state index in [0.29, 0.717) is 37.6 Å². The molecule has 2 heterocycles. The van der Waals surface area contributed by atoms with Gasteiger partial charge >= 0.3 is 0 Å². The van der Waals surface area contributed by atoms with Crippen LogP contribution in [-0.4, -0.2) is 70.5 Å². The van der Waals surface area contributed by atoms with E-state index in [-0.39, 0.29) is 30.8 Å². The molecular formula is C24H26FN5O4. The average Bonchev–Trinajstić information content (AvgIpc) is 2.83. The molecule has 9 nitrogen and oxygen atoms in total. The van der Waals surface area contributed by atoms with Crippen LogP contribution in [0.5, 0.6) is 5.75 Å². The van der Waals surface area contributed by atoms with E-state index in [9.17, 15) is 14.0 Å². The third-order valence-corrected chi connectivity index (χ3v) is 5.65. The summed E-state index contributed by atoms with van der Waals surface area (Å²) in [6.07, 6.45) is 1.40. The Morgan fingerprint density at radius 1 is 1.21 bits per heavy atom. The van der Waals surface area contributed by atoms with Crippen molar-refractivity contribution in [1.29, 1.82) is 0 Å². The predicted molar refractivity (Wildman–Crippen MR) is 123 cm³/mol. The number of benzene rings is 2. The second-order valence-corrected chi connectivity index (χ2v) is 7.88. The van der Waals surface area contributed by atoms with E-state index in [2.05, 4.69) is 9.97 Å². The number of amides is 2. The van der Waals surface area contributed by atoms with E-state index in [0.717, 1.165) is 10.9 Å². The van der Waals surface area contributed by atoms with E-state index in [1.807, 2.05) is 25.1 Å². The molecule has 2 amide bonds. The van der Waals surface area contributed by atoms with Crippen molar-refractivity contribution < 1.29 is 23.5 Å². The van der Waals surface area contributed by atoms with Crippen molar-refractivity contribution in [3.8, 4) is 5.75 Å². The second kappa shape index (κ2) is 10.4. The van der Waals surface area contributed by atoms with Crippen molar-refractivity contribution in [1.82, 2.24) is 19.8 Å². The van der Waals surface area contributed by atoms with Gasteiger partial charge in [-0.1, -0.05) is 12.1 Å². The molecule has 10 heteroatoms. The van der Waals surface area contributed by atoms with E-state index in [1.165, 1.54) is 29.4 Å². The highest BCUT2D eigenvalue weighted by Crippen LogP contribution is 2.21. The van der Waals surface area contributed by atoms with Crippen LogP contribution < -0.4 is 10.5 Å². The molecule has 0 unspecified atom stereocenters. The Hall–Kier alpha value is -3.79. The van der Waals surface area contributed by atoms with Gasteiger partial charge in [0.25, 0.3) is 5.91 Å². The quantitative estimate of drug-likeness (QED) is 0.539. The van der Waals surface area contributed by atoms with Crippen molar-refractivity contribution in [2.45, 2.75) is 19.5 Å². The summed E-state index contributed by atoms with van der Waals surface area (Å²) in [5.74, 6) is -0.371. The van der Waals surface area contributed by atoms with Crippen molar-refractivity contribution in [2.24, 2.45) is 0 Å². The second-order valence-electron chi connectivity index (χ2n) is 7.88. The molecule has 2 aromatic carbocycles. The summed E-state index contributed by atoms with van der Waals surface area (Å²) in [6, 6.07) is 10.4. The predicted octanol–water partition coefficient (Wildman–Crippen LogP) is 2.01. The number of ether oxygens (including phenoxy) is 2. The van der Waals surface area contributed by atoms with E-state index < -0.39 is 11.9 Å². The zero-order chi connectivity index (χ0) is 24.1. The van der Waals surface area contributed by atoms with E-state index >= 15 is 0 Å². The molecule has 1 saturated heterocycles. The molecule has 4 rings (SSSR count). The van der Waals surface area contributed by atoms with Gasteiger partial charge in [-0.2, -0.15) is 0 Å². The number of fused-ring (bicyclic) bond motifs is 1. The topological polar surface area (TPSA) is 111 Å². The first-order valence-electron chi connectivity index (χ1n) is 11.0. The maximum Gasteiger partial charge on any atom is 0.261 e. The van der Waals surface area contributed by atoms with Crippen LogP contribution in [0.15, 0.2) is 48.8 Å². The van der Waals surface area contributed by atoms with Crippen molar-refractivity contribution in [3.05, 3.63) is 60.2 Å². The number of hydrogen-bond donors (Lipinski definition) is 1. The Kier molecular flexibility index (Phi) is 7.17. The van der Waals surface area contributed by atoms with Crippen LogP contribution in [0.25, 0.3) is 10.9 Å². The maximum atomic E-state index is 13.4. The number of anilines is 1. The number of carbonyl (C=O) groups is 2. The first-order chi connectivity index (χ1) is 16.5. The average molecular weight is 468 g/mol. The highest BCUT2D eigenvalue weighted by molar-refractivity contribution is 5.90. The first kappa shape index (κ1) is 23.4. The minimum Gasteiger partial charge on any atom is -0.484 e. The number of aromatic nitrogens is 2. The number of nitrogens with two attached hydrogens (primary N) is 1. The van der Waals surface area contributed by atoms with Crippen molar-refractivity contribution in [2.75, 3.05) is 38.6 Å². The summed E-state index contributed by atoms with van der Waals surface area (Å²) in [6.45, 7) is 3.08. The largest absolute Gasteiger partial charge is 0.484 e. The highest BCUT2D eigenvalue weighted by atomic mass is 19.1. The lowest BCUT2D eigenvalue weighted by Gasteiger charge is -2.40. The summed E-state index contributed by atoms with van der Waals surface area (Å²) in [5.41, 5.74) is 7.49. The number of nitrogens with zero attached hydrogens (tertiary/aromatic N) is 4. The fraction of sp³-hybridized carbons (Fsp3) is 0.333. The minimum absolute atomic E-state index is 0.0824. The molecule has 0 spiro atoms. The number of nitrogen functional groups attached to an aromatic ring is 1. The van der Waals surface area contributed by atoms with Crippen LogP contribution >= 0.6 is 0 Å². The summed E-state index contributed by atoms with van der Waals surface area (Å²) >= 11 is 0. The standard InChI is InChI=1S/C24H26FN5O4/c1-2-33-13-21-24(32)29(12-16-6-7-19-20(10-16)27-15-28-23(19)26)8-9-30(21)22(31)14-34-18-5-3-4-17(25)11-18/h3-7,10-11,15,21H,2,8-9,12-14H2,1H3,(H2,26,27,28)/t21-/m0/s1. The molecule has 1 aromatic heterocycles. The van der Waals surface area contributed by atoms with Crippen LogP contribution in [-0.2, 0) is 20.9 Å². The molecule has 0 bridgehead atoms. The van der Waals surface area contributed by atoms with Gasteiger partial charge in [0.1, 0.15) is 29.8 Å². The van der Waals surface area contributed by atoms with E-state index in [4.69, 9.17) is 15.2 Å². The van der Waals surface area contributed by atoms with Crippen LogP contribution in [0.3, 0.4) is 0 Å². The van der Waals surface area contributed by atoms with Crippen LogP contribution in [0.2, 0.25) is 0 Å². The molecular weight excluding hydrogens is 441 g/mol. The van der Waals surface area contributed by atoms with Crippen LogP contribution in [0.4, 0.5) is 10.2 Å². The number of piperazine rings is 1. The minimum atomic E-state index is -0.768. The van der Waals surface area contributed by atoms with Gasteiger partial charge in [0.05, 0.1) is 12.1 Å². The number of rotatable bonds is 8. The molecule has 34 heavy (non-hydrogen) atoms. The Morgan fingerprint density at radius 2 is 2.06 bits per heavy atom. The normalized spacial score (nSPS) is 16.2. The lowest BCUT2D eigenvalue weighted by atomic mass is 10.1. The van der Waals surface area contributed by atoms with Gasteiger partial charge in [-0.25, -0.2) is 14.4 Å². The van der Waals surface area contributed by atoms with Gasteiger partial charge in [-0.05, 0) is 36.8 Å². The Balaban J connectivity index is 1.45. The lowest BCUT2D eigenvalue weighted by Crippen LogP contribution is -2.60. The molecule has 3 aromatic rings. The SMILES string of the molecule is CCOC[C@H]1C(=O)N(Cc2ccc3c(N)ncnc3c2)CCN1C(=O)COc1cccc(F)c1.